The molecular formula is C17H12ClFN2O3S2. The summed E-state index contributed by atoms with van der Waals surface area (Å²) >= 11 is 6.78. The van der Waals surface area contributed by atoms with E-state index in [0.717, 1.165) is 17.4 Å². The Morgan fingerprint density at radius 1 is 1.04 bits per heavy atom. The molecule has 0 aliphatic carbocycles. The first-order valence-corrected chi connectivity index (χ1v) is 10.0. The number of benzene rings is 2. The average molecular weight is 411 g/mol. The summed E-state index contributed by atoms with van der Waals surface area (Å²) in [6.45, 7) is 0. The van der Waals surface area contributed by atoms with E-state index in [4.69, 9.17) is 11.6 Å². The van der Waals surface area contributed by atoms with Crippen molar-refractivity contribution in [2.24, 2.45) is 0 Å². The summed E-state index contributed by atoms with van der Waals surface area (Å²) in [5, 5.41) is 4.13. The molecule has 0 bridgehead atoms. The lowest BCUT2D eigenvalue weighted by molar-refractivity contribution is 0.102. The Morgan fingerprint density at radius 3 is 2.54 bits per heavy atom. The molecular weight excluding hydrogens is 399 g/mol. The molecule has 2 N–H and O–H groups in total. The largest absolute Gasteiger partial charge is 0.322 e. The van der Waals surface area contributed by atoms with Crippen molar-refractivity contribution >= 4 is 50.2 Å². The number of carbonyl (C=O) groups excluding carboxylic acids is 1. The predicted octanol–water partition coefficient (Wildman–Crippen LogP) is 4.59. The van der Waals surface area contributed by atoms with Gasteiger partial charge in [-0.2, -0.15) is 0 Å². The first kappa shape index (κ1) is 18.4. The highest BCUT2D eigenvalue weighted by molar-refractivity contribution is 7.94. The molecule has 26 heavy (non-hydrogen) atoms. The van der Waals surface area contributed by atoms with Gasteiger partial charge >= 0.3 is 0 Å². The molecule has 0 saturated carbocycles. The summed E-state index contributed by atoms with van der Waals surface area (Å²) in [5.74, 6) is -1.07. The first-order chi connectivity index (χ1) is 12.3. The van der Waals surface area contributed by atoms with Crippen LogP contribution < -0.4 is 10.0 Å². The Balaban J connectivity index is 1.78. The second kappa shape index (κ2) is 7.45. The summed E-state index contributed by atoms with van der Waals surface area (Å²) < 4.78 is 40.3. The van der Waals surface area contributed by atoms with Gasteiger partial charge in [0.1, 0.15) is 10.0 Å². The second-order valence-electron chi connectivity index (χ2n) is 5.20. The summed E-state index contributed by atoms with van der Waals surface area (Å²) in [4.78, 5) is 12.3. The monoisotopic (exact) mass is 410 g/mol. The van der Waals surface area contributed by atoms with Gasteiger partial charge in [0, 0.05) is 16.9 Å². The SMILES string of the molecule is O=C(Nc1ccc(F)c(Cl)c1)c1cccc(NS(=O)(=O)c2cccs2)c1. The third kappa shape index (κ3) is 4.21. The standard InChI is InChI=1S/C17H12ClFN2O3S2/c18-14-10-12(6-7-15(14)19)20-17(22)11-3-1-4-13(9-11)21-26(23,24)16-5-2-8-25-16/h1-10,21H,(H,20,22). The van der Waals surface area contributed by atoms with Crippen LogP contribution in [-0.4, -0.2) is 14.3 Å². The van der Waals surface area contributed by atoms with E-state index in [-0.39, 0.29) is 20.5 Å². The van der Waals surface area contributed by atoms with Crippen molar-refractivity contribution < 1.29 is 17.6 Å². The van der Waals surface area contributed by atoms with Crippen LogP contribution in [0.15, 0.2) is 64.2 Å². The molecule has 9 heteroatoms. The number of hydrogen-bond donors (Lipinski definition) is 2. The van der Waals surface area contributed by atoms with Crippen LogP contribution in [0.1, 0.15) is 10.4 Å². The normalized spacial score (nSPS) is 11.2. The van der Waals surface area contributed by atoms with Crippen LogP contribution >= 0.6 is 22.9 Å². The third-order valence-corrected chi connectivity index (χ3v) is 6.38. The van der Waals surface area contributed by atoms with Crippen LogP contribution in [0.3, 0.4) is 0 Å². The molecule has 5 nitrogen and oxygen atoms in total. The van der Waals surface area contributed by atoms with E-state index < -0.39 is 21.7 Å². The lowest BCUT2D eigenvalue weighted by Crippen LogP contribution is -2.14. The molecule has 1 heterocycles. The number of thiophene rings is 1. The maximum absolute atomic E-state index is 13.2. The Morgan fingerprint density at radius 2 is 1.85 bits per heavy atom. The van der Waals surface area contributed by atoms with Crippen molar-refractivity contribution in [3.8, 4) is 0 Å². The van der Waals surface area contributed by atoms with Crippen molar-refractivity contribution in [2.75, 3.05) is 10.0 Å². The zero-order valence-corrected chi connectivity index (χ0v) is 15.5. The highest BCUT2D eigenvalue weighted by Crippen LogP contribution is 2.22. The second-order valence-corrected chi connectivity index (χ2v) is 8.47. The van der Waals surface area contributed by atoms with Crippen LogP contribution in [0.2, 0.25) is 5.02 Å². The Kier molecular flexibility index (Phi) is 5.26. The van der Waals surface area contributed by atoms with Crippen molar-refractivity contribution in [3.63, 3.8) is 0 Å². The van der Waals surface area contributed by atoms with E-state index in [1.807, 2.05) is 0 Å². The van der Waals surface area contributed by atoms with Gasteiger partial charge in [-0.3, -0.25) is 9.52 Å². The molecule has 0 saturated heterocycles. The fourth-order valence-corrected chi connectivity index (χ4v) is 4.35. The number of sulfonamides is 1. The molecule has 0 atom stereocenters. The van der Waals surface area contributed by atoms with E-state index >= 15 is 0 Å². The molecule has 0 spiro atoms. The highest BCUT2D eigenvalue weighted by Gasteiger charge is 2.16. The average Bonchev–Trinajstić information content (AvgIpc) is 3.14. The Bertz CT molecular complexity index is 1050. The maximum atomic E-state index is 13.2. The van der Waals surface area contributed by atoms with E-state index in [2.05, 4.69) is 10.0 Å². The fraction of sp³-hybridized carbons (Fsp3) is 0. The maximum Gasteiger partial charge on any atom is 0.271 e. The lowest BCUT2D eigenvalue weighted by atomic mass is 10.2. The van der Waals surface area contributed by atoms with Crippen LogP contribution in [0.5, 0.6) is 0 Å². The number of amides is 1. The van der Waals surface area contributed by atoms with Gasteiger partial charge in [0.05, 0.1) is 5.02 Å². The smallest absolute Gasteiger partial charge is 0.271 e. The van der Waals surface area contributed by atoms with Crippen LogP contribution in [0.4, 0.5) is 15.8 Å². The Hall–Kier alpha value is -2.42. The number of rotatable bonds is 5. The van der Waals surface area contributed by atoms with Gasteiger partial charge in [-0.15, -0.1) is 11.3 Å². The minimum absolute atomic E-state index is 0.111. The summed E-state index contributed by atoms with van der Waals surface area (Å²) in [6.07, 6.45) is 0. The topological polar surface area (TPSA) is 75.3 Å². The van der Waals surface area contributed by atoms with Crippen LogP contribution in [0.25, 0.3) is 0 Å². The summed E-state index contributed by atoms with van der Waals surface area (Å²) in [5.41, 5.74) is 0.811. The van der Waals surface area contributed by atoms with Crippen LogP contribution in [-0.2, 0) is 10.0 Å². The third-order valence-electron chi connectivity index (χ3n) is 3.31. The molecule has 1 amide bonds. The van der Waals surface area contributed by atoms with Gasteiger partial charge in [0.15, 0.2) is 0 Å². The highest BCUT2D eigenvalue weighted by atomic mass is 35.5. The van der Waals surface area contributed by atoms with Crippen molar-refractivity contribution in [3.05, 3.63) is 76.4 Å². The molecule has 0 aliphatic heterocycles. The number of carbonyl (C=O) groups is 1. The number of halogens is 2. The van der Waals surface area contributed by atoms with E-state index in [1.54, 1.807) is 17.5 Å². The van der Waals surface area contributed by atoms with Gasteiger partial charge in [0.2, 0.25) is 0 Å². The number of anilines is 2. The lowest BCUT2D eigenvalue weighted by Gasteiger charge is -2.09. The zero-order valence-electron chi connectivity index (χ0n) is 13.1. The molecule has 2 aromatic carbocycles. The van der Waals surface area contributed by atoms with E-state index in [1.165, 1.54) is 36.4 Å². The van der Waals surface area contributed by atoms with Gasteiger partial charge < -0.3 is 5.32 Å². The zero-order chi connectivity index (χ0) is 18.7. The molecule has 3 rings (SSSR count). The number of nitrogens with one attached hydrogen (secondary N) is 2. The first-order valence-electron chi connectivity index (χ1n) is 7.28. The molecule has 0 radical (unpaired) electrons. The molecule has 0 unspecified atom stereocenters. The molecule has 134 valence electrons. The van der Waals surface area contributed by atoms with Crippen molar-refractivity contribution in [1.29, 1.82) is 0 Å². The quantitative estimate of drug-likeness (QED) is 0.645. The minimum Gasteiger partial charge on any atom is -0.322 e. The molecule has 0 aliphatic rings. The van der Waals surface area contributed by atoms with E-state index in [9.17, 15) is 17.6 Å². The van der Waals surface area contributed by atoms with Crippen LogP contribution in [0, 0.1) is 5.82 Å². The summed E-state index contributed by atoms with van der Waals surface area (Å²) in [6, 6.07) is 13.0. The fourth-order valence-electron chi connectivity index (χ4n) is 2.12. The summed E-state index contributed by atoms with van der Waals surface area (Å²) in [7, 11) is -3.70. The number of hydrogen-bond acceptors (Lipinski definition) is 4. The van der Waals surface area contributed by atoms with Gasteiger partial charge in [-0.25, -0.2) is 12.8 Å². The molecule has 0 fully saturated rings. The van der Waals surface area contributed by atoms with Gasteiger partial charge in [-0.05, 0) is 47.8 Å². The van der Waals surface area contributed by atoms with E-state index in [0.29, 0.717) is 5.69 Å². The predicted molar refractivity (Wildman–Crippen MR) is 101 cm³/mol. The molecule has 3 aromatic rings. The Labute approximate surface area is 158 Å². The minimum atomic E-state index is -3.70. The van der Waals surface area contributed by atoms with Gasteiger partial charge in [0.25, 0.3) is 15.9 Å². The van der Waals surface area contributed by atoms with Crippen molar-refractivity contribution in [2.45, 2.75) is 4.21 Å². The van der Waals surface area contributed by atoms with Gasteiger partial charge in [-0.1, -0.05) is 23.7 Å². The van der Waals surface area contributed by atoms with Crippen molar-refractivity contribution in [1.82, 2.24) is 0 Å². The molecule has 1 aromatic heterocycles.